The zero-order valence-electron chi connectivity index (χ0n) is 12.8. The Labute approximate surface area is 126 Å². The topological polar surface area (TPSA) is 0 Å². The number of hydrogen-bond acceptors (Lipinski definition) is 0. The van der Waals surface area contributed by atoms with E-state index in [0.717, 1.165) is 38.2 Å². The maximum Gasteiger partial charge on any atom is 0.401 e. The largest absolute Gasteiger partial charge is 0.401 e. The molecule has 1 atom stereocenters. The Kier molecular flexibility index (Phi) is 7.00. The average molecular weight is 298 g/mol. The predicted molar refractivity (Wildman–Crippen MR) is 82.4 cm³/mol. The fraction of sp³-hybridized carbons (Fsp3) is 0.556. The first-order valence-corrected chi connectivity index (χ1v) is 7.74. The van der Waals surface area contributed by atoms with E-state index >= 15 is 0 Å². The second kappa shape index (κ2) is 8.26. The number of allylic oxidation sites excluding steroid dienone is 1. The van der Waals surface area contributed by atoms with Gasteiger partial charge < -0.3 is 0 Å². The van der Waals surface area contributed by atoms with Crippen LogP contribution in [0.4, 0.5) is 13.2 Å². The maximum absolute atomic E-state index is 13.6. The molecule has 0 aliphatic heterocycles. The van der Waals surface area contributed by atoms with Gasteiger partial charge in [-0.3, -0.25) is 0 Å². The van der Waals surface area contributed by atoms with Gasteiger partial charge in [0.25, 0.3) is 0 Å². The summed E-state index contributed by atoms with van der Waals surface area (Å²) in [6.45, 7) is 5.61. The van der Waals surface area contributed by atoms with Crippen LogP contribution in [-0.2, 0) is 5.41 Å². The second-order valence-electron chi connectivity index (χ2n) is 5.56. The molecule has 3 heteroatoms. The van der Waals surface area contributed by atoms with E-state index in [9.17, 15) is 13.2 Å². The highest BCUT2D eigenvalue weighted by Crippen LogP contribution is 2.45. The molecule has 21 heavy (non-hydrogen) atoms. The minimum absolute atomic E-state index is 0.0795. The summed E-state index contributed by atoms with van der Waals surface area (Å²) < 4.78 is 40.9. The van der Waals surface area contributed by atoms with E-state index < -0.39 is 11.6 Å². The van der Waals surface area contributed by atoms with Gasteiger partial charge in [-0.2, -0.15) is 13.2 Å². The van der Waals surface area contributed by atoms with E-state index in [0.29, 0.717) is 12.0 Å². The number of hydrogen-bond donors (Lipinski definition) is 0. The maximum atomic E-state index is 13.6. The molecule has 0 nitrogen and oxygen atoms in total. The number of halogens is 3. The fourth-order valence-corrected chi connectivity index (χ4v) is 2.71. The van der Waals surface area contributed by atoms with Crippen LogP contribution in [0.3, 0.4) is 0 Å². The molecule has 0 aliphatic rings. The third kappa shape index (κ3) is 4.62. The molecule has 1 aromatic rings. The van der Waals surface area contributed by atoms with Crippen molar-refractivity contribution in [3.63, 3.8) is 0 Å². The molecule has 0 spiro atoms. The van der Waals surface area contributed by atoms with Crippen molar-refractivity contribution in [3.05, 3.63) is 48.6 Å². The summed E-state index contributed by atoms with van der Waals surface area (Å²) in [5, 5.41) is 0. The molecule has 118 valence electrons. The molecule has 0 fully saturated rings. The lowest BCUT2D eigenvalue weighted by Crippen LogP contribution is -2.40. The van der Waals surface area contributed by atoms with Crippen LogP contribution >= 0.6 is 0 Å². The minimum Gasteiger partial charge on any atom is -0.170 e. The molecule has 0 saturated heterocycles. The standard InChI is InChI=1S/C18H25F3/c1-3-5-6-7-8-12-15-17(4-2,18(19,20)21)16-13-10-9-11-14-16/h4,9-11,13-14H,2-3,5-8,12,15H2,1H3. The van der Waals surface area contributed by atoms with Crippen molar-refractivity contribution in [2.45, 2.75) is 63.5 Å². The highest BCUT2D eigenvalue weighted by molar-refractivity contribution is 5.32. The third-order valence-corrected chi connectivity index (χ3v) is 4.07. The van der Waals surface area contributed by atoms with E-state index in [1.165, 1.54) is 0 Å². The SMILES string of the molecule is C=CC(CCCCCCCC)(c1ccccc1)C(F)(F)F. The van der Waals surface area contributed by atoms with E-state index in [2.05, 4.69) is 13.5 Å². The third-order valence-electron chi connectivity index (χ3n) is 4.07. The molecule has 1 aromatic carbocycles. The first kappa shape index (κ1) is 17.8. The summed E-state index contributed by atoms with van der Waals surface area (Å²) >= 11 is 0. The minimum atomic E-state index is -4.31. The normalized spacial score (nSPS) is 14.7. The number of rotatable bonds is 9. The highest BCUT2D eigenvalue weighted by atomic mass is 19.4. The Balaban J connectivity index is 2.77. The Morgan fingerprint density at radius 3 is 2.05 bits per heavy atom. The summed E-state index contributed by atoms with van der Waals surface area (Å²) in [6.07, 6.45) is 2.68. The predicted octanol–water partition coefficient (Wildman–Crippen LogP) is 6.42. The van der Waals surface area contributed by atoms with Crippen LogP contribution < -0.4 is 0 Å². The van der Waals surface area contributed by atoms with Crippen molar-refractivity contribution in [1.29, 1.82) is 0 Å². The second-order valence-corrected chi connectivity index (χ2v) is 5.56. The molecule has 0 heterocycles. The van der Waals surface area contributed by atoms with Crippen LogP contribution in [0, 0.1) is 0 Å². The first-order valence-electron chi connectivity index (χ1n) is 7.74. The van der Waals surface area contributed by atoms with Crippen LogP contribution in [0.5, 0.6) is 0 Å². The quantitative estimate of drug-likeness (QED) is 0.364. The molecule has 1 rings (SSSR count). The van der Waals surface area contributed by atoms with Gasteiger partial charge in [-0.15, -0.1) is 6.58 Å². The molecule has 0 aliphatic carbocycles. The Morgan fingerprint density at radius 2 is 1.52 bits per heavy atom. The van der Waals surface area contributed by atoms with Gasteiger partial charge in [0.15, 0.2) is 0 Å². The molecule has 0 aromatic heterocycles. The van der Waals surface area contributed by atoms with Gasteiger partial charge in [-0.05, 0) is 12.0 Å². The molecular weight excluding hydrogens is 273 g/mol. The lowest BCUT2D eigenvalue weighted by atomic mass is 9.75. The number of unbranched alkanes of at least 4 members (excludes halogenated alkanes) is 5. The van der Waals surface area contributed by atoms with E-state index in [-0.39, 0.29) is 6.42 Å². The van der Waals surface area contributed by atoms with Crippen LogP contribution in [0.2, 0.25) is 0 Å². The zero-order chi connectivity index (χ0) is 15.8. The molecule has 0 N–H and O–H groups in total. The Bertz CT molecular complexity index is 408. The van der Waals surface area contributed by atoms with Gasteiger partial charge in [0.1, 0.15) is 5.41 Å². The summed E-state index contributed by atoms with van der Waals surface area (Å²) in [4.78, 5) is 0. The molecule has 0 saturated carbocycles. The fourth-order valence-electron chi connectivity index (χ4n) is 2.71. The van der Waals surface area contributed by atoms with Gasteiger partial charge in [0.2, 0.25) is 0 Å². The zero-order valence-corrected chi connectivity index (χ0v) is 12.8. The number of benzene rings is 1. The van der Waals surface area contributed by atoms with Gasteiger partial charge in [-0.25, -0.2) is 0 Å². The summed E-state index contributed by atoms with van der Waals surface area (Å²) in [5.41, 5.74) is -1.62. The molecular formula is C18H25F3. The highest BCUT2D eigenvalue weighted by Gasteiger charge is 2.52. The van der Waals surface area contributed by atoms with E-state index in [1.807, 2.05) is 0 Å². The van der Waals surface area contributed by atoms with Crippen molar-refractivity contribution in [1.82, 2.24) is 0 Å². The van der Waals surface area contributed by atoms with E-state index in [4.69, 9.17) is 0 Å². The summed E-state index contributed by atoms with van der Waals surface area (Å²) in [5.74, 6) is 0. The van der Waals surface area contributed by atoms with Gasteiger partial charge in [-0.1, -0.05) is 81.9 Å². The summed E-state index contributed by atoms with van der Waals surface area (Å²) in [6, 6.07) is 8.14. The van der Waals surface area contributed by atoms with Gasteiger partial charge in [0, 0.05) is 0 Å². The van der Waals surface area contributed by atoms with Crippen LogP contribution in [0.1, 0.15) is 57.4 Å². The summed E-state index contributed by atoms with van der Waals surface area (Å²) in [7, 11) is 0. The van der Waals surface area contributed by atoms with E-state index in [1.54, 1.807) is 30.3 Å². The molecule has 0 radical (unpaired) electrons. The van der Waals surface area contributed by atoms with Crippen molar-refractivity contribution < 1.29 is 13.2 Å². The van der Waals surface area contributed by atoms with Crippen molar-refractivity contribution in [2.75, 3.05) is 0 Å². The monoisotopic (exact) mass is 298 g/mol. The van der Waals surface area contributed by atoms with Crippen molar-refractivity contribution in [3.8, 4) is 0 Å². The Morgan fingerprint density at radius 1 is 0.952 bits per heavy atom. The average Bonchev–Trinajstić information content (AvgIpc) is 2.46. The first-order chi connectivity index (χ1) is 9.98. The molecule has 0 amide bonds. The van der Waals surface area contributed by atoms with Crippen LogP contribution in [0.15, 0.2) is 43.0 Å². The van der Waals surface area contributed by atoms with Gasteiger partial charge >= 0.3 is 6.18 Å². The lowest BCUT2D eigenvalue weighted by molar-refractivity contribution is -0.178. The smallest absolute Gasteiger partial charge is 0.170 e. The van der Waals surface area contributed by atoms with Crippen molar-refractivity contribution in [2.24, 2.45) is 0 Å². The number of alkyl halides is 3. The van der Waals surface area contributed by atoms with Crippen LogP contribution in [0.25, 0.3) is 0 Å². The van der Waals surface area contributed by atoms with Crippen LogP contribution in [-0.4, -0.2) is 6.18 Å². The van der Waals surface area contributed by atoms with Gasteiger partial charge in [0.05, 0.1) is 0 Å². The lowest BCUT2D eigenvalue weighted by Gasteiger charge is -2.33. The van der Waals surface area contributed by atoms with Crippen molar-refractivity contribution >= 4 is 0 Å². The molecule has 1 unspecified atom stereocenters. The molecule has 0 bridgehead atoms. The Hall–Kier alpha value is -1.25.